The Morgan fingerprint density at radius 2 is 1.32 bits per heavy atom. The van der Waals surface area contributed by atoms with E-state index >= 15 is 0 Å². The zero-order valence-corrected chi connectivity index (χ0v) is 24.0. The number of aliphatic hydroxyl groups is 1. The summed E-state index contributed by atoms with van der Waals surface area (Å²) >= 11 is 1.52. The standard InChI is InChI=1S/C23H38IN4O8P/c24-37(34,35)19-28-12-10-26(15-22(30)31)8-6-25(7-9-27(11-13-28)16-23(32)33)14-21(29)18-36-17-20-4-2-1-3-5-20/h1-5,21,29H,6-19H2,(H,30,31)(H,32,33)(H,34,35). The zero-order valence-electron chi connectivity index (χ0n) is 20.9. The Bertz CT molecular complexity index is 846. The number of nitrogens with zero attached hydrogens (tertiary/aromatic N) is 4. The highest BCUT2D eigenvalue weighted by molar-refractivity contribution is 14.2. The molecule has 1 aromatic carbocycles. The molecular formula is C23H38IN4O8P. The quantitative estimate of drug-likeness (QED) is 0.183. The zero-order chi connectivity index (χ0) is 27.3. The molecule has 1 saturated heterocycles. The highest BCUT2D eigenvalue weighted by atomic mass is 127. The number of carboxylic acids is 2. The molecule has 4 N–H and O–H groups in total. The van der Waals surface area contributed by atoms with Crippen LogP contribution in [0.5, 0.6) is 0 Å². The predicted molar refractivity (Wildman–Crippen MR) is 147 cm³/mol. The lowest BCUT2D eigenvalue weighted by Crippen LogP contribution is -2.49. The summed E-state index contributed by atoms with van der Waals surface area (Å²) in [6.07, 6.45) is -0.827. The van der Waals surface area contributed by atoms with E-state index in [1.807, 2.05) is 35.2 Å². The largest absolute Gasteiger partial charge is 0.480 e. The number of aliphatic carboxylic acids is 2. The van der Waals surface area contributed by atoms with Crippen LogP contribution in [0.25, 0.3) is 0 Å². The number of carbonyl (C=O) groups is 2. The van der Waals surface area contributed by atoms with Gasteiger partial charge in [-0.1, -0.05) is 30.3 Å². The lowest BCUT2D eigenvalue weighted by Gasteiger charge is -2.34. The average Bonchev–Trinajstić information content (AvgIpc) is 2.80. The summed E-state index contributed by atoms with van der Waals surface area (Å²) in [5, 5.41) is 25.9. The number of hydrogen-bond donors (Lipinski definition) is 4. The number of ether oxygens (including phenoxy) is 1. The van der Waals surface area contributed by atoms with Crippen molar-refractivity contribution in [2.45, 2.75) is 12.7 Å². The third-order valence-corrected chi connectivity index (χ3v) is 7.58. The van der Waals surface area contributed by atoms with Gasteiger partial charge in [0.05, 0.1) is 38.7 Å². The first-order valence-electron chi connectivity index (χ1n) is 12.1. The Morgan fingerprint density at radius 1 is 0.865 bits per heavy atom. The number of carboxylic acid groups (broad SMARTS) is 2. The van der Waals surface area contributed by atoms with Crippen molar-refractivity contribution in [2.75, 3.05) is 84.9 Å². The Kier molecular flexibility index (Phi) is 14.5. The molecule has 1 aliphatic heterocycles. The van der Waals surface area contributed by atoms with E-state index in [4.69, 9.17) is 4.74 Å². The molecule has 0 saturated carbocycles. The molecule has 1 fully saturated rings. The van der Waals surface area contributed by atoms with Crippen molar-refractivity contribution in [3.8, 4) is 0 Å². The van der Waals surface area contributed by atoms with Crippen LogP contribution in [0.2, 0.25) is 0 Å². The minimum Gasteiger partial charge on any atom is -0.480 e. The summed E-state index contributed by atoms with van der Waals surface area (Å²) in [5.41, 5.74) is 1.00. The maximum atomic E-state index is 12.0. The van der Waals surface area contributed by atoms with E-state index in [0.29, 0.717) is 65.5 Å². The summed E-state index contributed by atoms with van der Waals surface area (Å²) in [6.45, 7) is 3.73. The van der Waals surface area contributed by atoms with Crippen molar-refractivity contribution >= 4 is 39.0 Å². The molecule has 2 rings (SSSR count). The second-order valence-corrected chi connectivity index (χ2v) is 15.2. The Balaban J connectivity index is 2.04. The minimum atomic E-state index is -3.38. The van der Waals surface area contributed by atoms with Crippen molar-refractivity contribution in [1.29, 1.82) is 0 Å². The van der Waals surface area contributed by atoms with Gasteiger partial charge in [0.1, 0.15) is 0 Å². The normalized spacial score (nSPS) is 20.4. The molecule has 2 atom stereocenters. The molecule has 0 spiro atoms. The van der Waals surface area contributed by atoms with Crippen molar-refractivity contribution in [1.82, 2.24) is 19.6 Å². The maximum Gasteiger partial charge on any atom is 0.317 e. The van der Waals surface area contributed by atoms with Crippen LogP contribution in [0, 0.1) is 0 Å². The molecule has 210 valence electrons. The van der Waals surface area contributed by atoms with E-state index < -0.39 is 23.1 Å². The number of β-amino-alcohol motifs (C(OH)–C–C–N with tert-alkyl or cyclic N) is 1. The molecule has 1 heterocycles. The van der Waals surface area contributed by atoms with Crippen LogP contribution in [-0.2, 0) is 25.5 Å². The molecule has 12 nitrogen and oxygen atoms in total. The Hall–Kier alpha value is -1.16. The molecule has 1 aliphatic rings. The minimum absolute atomic E-state index is 0.0588. The molecule has 0 radical (unpaired) electrons. The van der Waals surface area contributed by atoms with Gasteiger partial charge >= 0.3 is 11.9 Å². The van der Waals surface area contributed by atoms with Crippen LogP contribution in [-0.4, -0.2) is 143 Å². The van der Waals surface area contributed by atoms with Crippen LogP contribution in [0.15, 0.2) is 30.3 Å². The van der Waals surface area contributed by atoms with E-state index in [1.165, 1.54) is 22.0 Å². The fourth-order valence-electron chi connectivity index (χ4n) is 4.09. The predicted octanol–water partition coefficient (Wildman–Crippen LogP) is 0.533. The third kappa shape index (κ3) is 15.1. The molecule has 0 aliphatic carbocycles. The number of benzene rings is 1. The lowest BCUT2D eigenvalue weighted by molar-refractivity contribution is -0.139. The van der Waals surface area contributed by atoms with Gasteiger partial charge in [-0.15, -0.1) is 0 Å². The SMILES string of the molecule is O=C(O)CN1CCN(CC(O)COCc2ccccc2)CCN(CC(=O)O)CCN(CP(=O)(O)I)CC1. The van der Waals surface area contributed by atoms with Crippen molar-refractivity contribution in [3.63, 3.8) is 0 Å². The topological polar surface area (TPSA) is 154 Å². The Labute approximate surface area is 230 Å². The Morgan fingerprint density at radius 3 is 1.78 bits per heavy atom. The summed E-state index contributed by atoms with van der Waals surface area (Å²) < 4.78 is 17.7. The average molecular weight is 656 g/mol. The van der Waals surface area contributed by atoms with Gasteiger partial charge in [0, 0.05) is 80.9 Å². The number of halogens is 1. The van der Waals surface area contributed by atoms with Crippen LogP contribution in [0.1, 0.15) is 5.56 Å². The van der Waals surface area contributed by atoms with Gasteiger partial charge in [-0.3, -0.25) is 33.8 Å². The summed E-state index contributed by atoms with van der Waals surface area (Å²) in [7, 11) is 0. The van der Waals surface area contributed by atoms with E-state index in [-0.39, 0.29) is 26.0 Å². The monoisotopic (exact) mass is 656 g/mol. The van der Waals surface area contributed by atoms with E-state index in [1.54, 1.807) is 14.7 Å². The summed E-state index contributed by atoms with van der Waals surface area (Å²) in [4.78, 5) is 40.0. The van der Waals surface area contributed by atoms with Gasteiger partial charge in [0.25, 0.3) is 5.01 Å². The van der Waals surface area contributed by atoms with Crippen LogP contribution < -0.4 is 0 Å². The van der Waals surface area contributed by atoms with E-state index in [0.717, 1.165) is 5.56 Å². The molecular weight excluding hydrogens is 618 g/mol. The number of hydrogen-bond acceptors (Lipinski definition) is 9. The second-order valence-electron chi connectivity index (χ2n) is 9.17. The molecule has 0 bridgehead atoms. The first-order chi connectivity index (χ1) is 17.5. The third-order valence-electron chi connectivity index (χ3n) is 5.91. The molecule has 1 aromatic rings. The van der Waals surface area contributed by atoms with Crippen molar-refractivity contribution in [3.05, 3.63) is 35.9 Å². The van der Waals surface area contributed by atoms with Gasteiger partial charge in [-0.2, -0.15) is 0 Å². The molecule has 0 aromatic heterocycles. The highest BCUT2D eigenvalue weighted by Crippen LogP contribution is 2.50. The van der Waals surface area contributed by atoms with Crippen LogP contribution >= 0.6 is 27.1 Å². The van der Waals surface area contributed by atoms with E-state index in [9.17, 15) is 34.4 Å². The van der Waals surface area contributed by atoms with Crippen LogP contribution in [0.3, 0.4) is 0 Å². The number of aliphatic hydroxyl groups excluding tert-OH is 1. The van der Waals surface area contributed by atoms with Gasteiger partial charge in [0.2, 0.25) is 0 Å². The van der Waals surface area contributed by atoms with Crippen molar-refractivity contribution in [2.24, 2.45) is 0 Å². The van der Waals surface area contributed by atoms with Gasteiger partial charge < -0.3 is 24.9 Å². The lowest BCUT2D eigenvalue weighted by atomic mass is 10.2. The van der Waals surface area contributed by atoms with Crippen molar-refractivity contribution < 1.29 is 39.1 Å². The fourth-order valence-corrected chi connectivity index (χ4v) is 6.16. The summed E-state index contributed by atoms with van der Waals surface area (Å²) in [6, 6.07) is 9.64. The number of rotatable bonds is 12. The van der Waals surface area contributed by atoms with Gasteiger partial charge in [0.15, 0.2) is 0 Å². The highest BCUT2D eigenvalue weighted by Gasteiger charge is 2.23. The molecule has 14 heteroatoms. The molecule has 0 amide bonds. The molecule has 37 heavy (non-hydrogen) atoms. The summed E-state index contributed by atoms with van der Waals surface area (Å²) in [5.74, 6) is -1.93. The smallest absolute Gasteiger partial charge is 0.317 e. The van der Waals surface area contributed by atoms with E-state index in [2.05, 4.69) is 0 Å². The fraction of sp³-hybridized carbons (Fsp3) is 0.652. The van der Waals surface area contributed by atoms with Gasteiger partial charge in [-0.05, 0) is 5.56 Å². The maximum absolute atomic E-state index is 12.0. The molecule has 2 unspecified atom stereocenters. The first kappa shape index (κ1) is 32.1. The van der Waals surface area contributed by atoms with Crippen LogP contribution in [0.4, 0.5) is 0 Å². The second kappa shape index (κ2) is 16.7. The first-order valence-corrected chi connectivity index (χ1v) is 16.8. The van der Waals surface area contributed by atoms with Gasteiger partial charge in [-0.25, -0.2) is 0 Å².